The summed E-state index contributed by atoms with van der Waals surface area (Å²) in [6.07, 6.45) is 1.51. The number of methoxy groups -OCH3 is 2. The van der Waals surface area contributed by atoms with Gasteiger partial charge < -0.3 is 13.9 Å². The molecule has 1 N–H and O–H groups in total. The number of benzene rings is 1. The Balaban J connectivity index is 1.75. The fourth-order valence-corrected chi connectivity index (χ4v) is 3.16. The van der Waals surface area contributed by atoms with Gasteiger partial charge in [-0.15, -0.1) is 4.98 Å². The molecule has 0 unspecified atom stereocenters. The third-order valence-corrected chi connectivity index (χ3v) is 4.92. The third kappa shape index (κ3) is 4.38. The second-order valence-corrected chi connectivity index (χ2v) is 7.09. The molecule has 0 spiro atoms. The number of ether oxygens (including phenoxy) is 2. The molecule has 2 aromatic heterocycles. The van der Waals surface area contributed by atoms with Crippen LogP contribution in [0.3, 0.4) is 0 Å². The smallest absolute Gasteiger partial charge is 0.322 e. The van der Waals surface area contributed by atoms with E-state index in [4.69, 9.17) is 13.9 Å². The van der Waals surface area contributed by atoms with Crippen molar-refractivity contribution in [3.63, 3.8) is 0 Å². The largest absolute Gasteiger partial charge is 0.467 e. The van der Waals surface area contributed by atoms with E-state index in [2.05, 4.69) is 24.7 Å². The zero-order valence-corrected chi connectivity index (χ0v) is 15.6. The summed E-state index contributed by atoms with van der Waals surface area (Å²) < 4.78 is 42.4. The summed E-state index contributed by atoms with van der Waals surface area (Å²) in [7, 11) is -0.988. The summed E-state index contributed by atoms with van der Waals surface area (Å²) in [5.41, 5.74) is 1.38. The average Bonchev–Trinajstić information content (AvgIpc) is 3.12. The van der Waals surface area contributed by atoms with Gasteiger partial charge in [-0.3, -0.25) is 0 Å². The molecule has 3 rings (SSSR count). The minimum Gasteiger partial charge on any atom is -0.467 e. The first-order chi connectivity index (χ1) is 12.9. The highest BCUT2D eigenvalue weighted by Gasteiger charge is 2.16. The predicted molar refractivity (Wildman–Crippen MR) is 93.6 cm³/mol. The third-order valence-electron chi connectivity index (χ3n) is 3.51. The van der Waals surface area contributed by atoms with Gasteiger partial charge in [-0.05, 0) is 12.1 Å². The van der Waals surface area contributed by atoms with E-state index < -0.39 is 10.0 Å². The number of nitrogens with one attached hydrogen (secondary N) is 1. The fourth-order valence-electron chi connectivity index (χ4n) is 2.18. The van der Waals surface area contributed by atoms with Crippen LogP contribution < -0.4 is 14.2 Å². The lowest BCUT2D eigenvalue weighted by atomic mass is 10.2. The topological polar surface area (TPSA) is 129 Å². The zero-order chi connectivity index (χ0) is 19.4. The summed E-state index contributed by atoms with van der Waals surface area (Å²) in [5.74, 6) is 0.698. The SMILES string of the molecule is COc1nc(CNS(=O)(=O)c2ccc(-c3coc(C)n3)cc2)nc(OC)n1. The van der Waals surface area contributed by atoms with Gasteiger partial charge in [0.15, 0.2) is 11.7 Å². The monoisotopic (exact) mass is 391 g/mol. The van der Waals surface area contributed by atoms with Gasteiger partial charge in [0.25, 0.3) is 0 Å². The minimum absolute atomic E-state index is 0.0308. The first kappa shape index (κ1) is 18.7. The van der Waals surface area contributed by atoms with Gasteiger partial charge in [0.2, 0.25) is 10.0 Å². The standard InChI is InChI=1S/C16H17N5O5S/c1-10-18-13(9-26-10)11-4-6-12(7-5-11)27(22,23)17-8-14-19-15(24-2)21-16(20-14)25-3/h4-7,9,17H,8H2,1-3H3. The summed E-state index contributed by atoms with van der Waals surface area (Å²) in [5, 5.41) is 0. The molecule has 0 atom stereocenters. The molecule has 0 fully saturated rings. The van der Waals surface area contributed by atoms with Gasteiger partial charge in [-0.1, -0.05) is 12.1 Å². The first-order valence-electron chi connectivity index (χ1n) is 7.76. The Hall–Kier alpha value is -3.05. The van der Waals surface area contributed by atoms with Gasteiger partial charge in [0.1, 0.15) is 12.0 Å². The molecule has 2 heterocycles. The number of aromatic nitrogens is 4. The number of rotatable bonds is 7. The van der Waals surface area contributed by atoms with Gasteiger partial charge in [-0.25, -0.2) is 18.1 Å². The summed E-state index contributed by atoms with van der Waals surface area (Å²) >= 11 is 0. The molecule has 0 aliphatic carbocycles. The van der Waals surface area contributed by atoms with Crippen molar-refractivity contribution in [1.82, 2.24) is 24.7 Å². The Morgan fingerprint density at radius 3 is 2.15 bits per heavy atom. The van der Waals surface area contributed by atoms with Crippen LogP contribution >= 0.6 is 0 Å². The fraction of sp³-hybridized carbons (Fsp3) is 0.250. The van der Waals surface area contributed by atoms with E-state index in [0.717, 1.165) is 5.56 Å². The van der Waals surface area contributed by atoms with Crippen molar-refractivity contribution >= 4 is 10.0 Å². The second-order valence-electron chi connectivity index (χ2n) is 5.33. The first-order valence-corrected chi connectivity index (χ1v) is 9.25. The number of oxazole rings is 1. The lowest BCUT2D eigenvalue weighted by molar-refractivity contribution is 0.336. The van der Waals surface area contributed by atoms with Gasteiger partial charge in [0, 0.05) is 12.5 Å². The highest BCUT2D eigenvalue weighted by molar-refractivity contribution is 7.89. The van der Waals surface area contributed by atoms with E-state index in [0.29, 0.717) is 11.6 Å². The van der Waals surface area contributed by atoms with Crippen molar-refractivity contribution < 1.29 is 22.3 Å². The lowest BCUT2D eigenvalue weighted by Gasteiger charge is -2.08. The van der Waals surface area contributed by atoms with Crippen LogP contribution in [-0.2, 0) is 16.6 Å². The number of sulfonamides is 1. The summed E-state index contributed by atoms with van der Waals surface area (Å²) in [6, 6.07) is 6.33. The van der Waals surface area contributed by atoms with Gasteiger partial charge in [0.05, 0.1) is 25.7 Å². The van der Waals surface area contributed by atoms with Crippen molar-refractivity contribution in [2.24, 2.45) is 0 Å². The predicted octanol–water partition coefficient (Wildman–Crippen LogP) is 1.33. The Labute approximate surface area is 155 Å². The molecule has 1 aromatic carbocycles. The van der Waals surface area contributed by atoms with E-state index >= 15 is 0 Å². The average molecular weight is 391 g/mol. The molecule has 0 saturated heterocycles. The van der Waals surface area contributed by atoms with Crippen LogP contribution in [0.25, 0.3) is 11.3 Å². The van der Waals surface area contributed by atoms with Crippen LogP contribution in [0.5, 0.6) is 12.0 Å². The van der Waals surface area contributed by atoms with E-state index in [1.807, 2.05) is 0 Å². The Morgan fingerprint density at radius 1 is 1.00 bits per heavy atom. The van der Waals surface area contributed by atoms with E-state index in [1.54, 1.807) is 19.1 Å². The quantitative estimate of drug-likeness (QED) is 0.634. The van der Waals surface area contributed by atoms with Crippen LogP contribution in [0, 0.1) is 6.92 Å². The van der Waals surface area contributed by atoms with Crippen molar-refractivity contribution in [2.75, 3.05) is 14.2 Å². The maximum atomic E-state index is 12.5. The van der Waals surface area contributed by atoms with Crippen LogP contribution in [0.1, 0.15) is 11.7 Å². The molecule has 11 heteroatoms. The van der Waals surface area contributed by atoms with Crippen molar-refractivity contribution in [3.05, 3.63) is 42.2 Å². The molecule has 0 amide bonds. The van der Waals surface area contributed by atoms with Crippen LogP contribution in [0.15, 0.2) is 39.8 Å². The van der Waals surface area contributed by atoms with Gasteiger partial charge >= 0.3 is 12.0 Å². The second kappa shape index (κ2) is 7.68. The van der Waals surface area contributed by atoms with Gasteiger partial charge in [-0.2, -0.15) is 9.97 Å². The molecule has 3 aromatic rings. The molecular weight excluding hydrogens is 374 g/mol. The summed E-state index contributed by atoms with van der Waals surface area (Å²) in [6.45, 7) is 1.58. The number of aryl methyl sites for hydroxylation is 1. The van der Waals surface area contributed by atoms with E-state index in [9.17, 15) is 8.42 Å². The molecule has 27 heavy (non-hydrogen) atoms. The zero-order valence-electron chi connectivity index (χ0n) is 14.8. The van der Waals surface area contributed by atoms with Crippen molar-refractivity contribution in [2.45, 2.75) is 18.4 Å². The lowest BCUT2D eigenvalue weighted by Crippen LogP contribution is -2.24. The van der Waals surface area contributed by atoms with E-state index in [-0.39, 0.29) is 29.3 Å². The van der Waals surface area contributed by atoms with Crippen LogP contribution in [0.4, 0.5) is 0 Å². The Kier molecular flexibility index (Phi) is 5.33. The molecule has 142 valence electrons. The van der Waals surface area contributed by atoms with E-state index in [1.165, 1.54) is 32.6 Å². The normalized spacial score (nSPS) is 11.4. The number of hydrogen-bond acceptors (Lipinski definition) is 9. The highest BCUT2D eigenvalue weighted by atomic mass is 32.2. The maximum Gasteiger partial charge on any atom is 0.322 e. The maximum absolute atomic E-state index is 12.5. The minimum atomic E-state index is -3.77. The molecular formula is C16H17N5O5S. The molecule has 0 radical (unpaired) electrons. The highest BCUT2D eigenvalue weighted by Crippen LogP contribution is 2.20. The Morgan fingerprint density at radius 2 is 1.63 bits per heavy atom. The molecule has 0 saturated carbocycles. The summed E-state index contributed by atoms with van der Waals surface area (Å²) in [4.78, 5) is 16.1. The van der Waals surface area contributed by atoms with Crippen LogP contribution in [0.2, 0.25) is 0 Å². The van der Waals surface area contributed by atoms with Crippen molar-refractivity contribution in [1.29, 1.82) is 0 Å². The molecule has 0 bridgehead atoms. The number of nitrogens with zero attached hydrogens (tertiary/aromatic N) is 4. The molecule has 10 nitrogen and oxygen atoms in total. The van der Waals surface area contributed by atoms with Crippen LogP contribution in [-0.4, -0.2) is 42.6 Å². The number of hydrogen-bond donors (Lipinski definition) is 1. The molecule has 0 aliphatic heterocycles. The van der Waals surface area contributed by atoms with Crippen molar-refractivity contribution in [3.8, 4) is 23.3 Å². The Bertz CT molecular complexity index is 1010. The molecule has 0 aliphatic rings.